The maximum atomic E-state index is 4.09. The molecular formula is C17H22N2S. The lowest BCUT2D eigenvalue weighted by atomic mass is 9.92. The van der Waals surface area contributed by atoms with Crippen LogP contribution in [0.15, 0.2) is 36.7 Å². The van der Waals surface area contributed by atoms with E-state index in [0.29, 0.717) is 5.92 Å². The summed E-state index contributed by atoms with van der Waals surface area (Å²) in [6.07, 6.45) is 5.01. The molecule has 0 saturated carbocycles. The highest BCUT2D eigenvalue weighted by Crippen LogP contribution is 2.29. The van der Waals surface area contributed by atoms with Gasteiger partial charge in [-0.1, -0.05) is 13.8 Å². The molecule has 0 spiro atoms. The van der Waals surface area contributed by atoms with E-state index >= 15 is 0 Å². The molecule has 0 aromatic carbocycles. The van der Waals surface area contributed by atoms with Gasteiger partial charge in [0.05, 0.1) is 0 Å². The van der Waals surface area contributed by atoms with Crippen LogP contribution in [0, 0.1) is 5.92 Å². The second kappa shape index (κ2) is 6.06. The Balaban J connectivity index is 1.50. The molecule has 2 nitrogen and oxygen atoms in total. The minimum Gasteiger partial charge on any atom is -0.297 e. The van der Waals surface area contributed by atoms with Crippen LogP contribution in [0.3, 0.4) is 0 Å². The molecule has 0 unspecified atom stereocenters. The van der Waals surface area contributed by atoms with Gasteiger partial charge in [-0.25, -0.2) is 0 Å². The van der Waals surface area contributed by atoms with Gasteiger partial charge in [-0.2, -0.15) is 0 Å². The van der Waals surface area contributed by atoms with E-state index in [2.05, 4.69) is 48.0 Å². The number of hydrogen-bond acceptors (Lipinski definition) is 3. The lowest BCUT2D eigenvalue weighted by Crippen LogP contribution is -2.43. The highest BCUT2D eigenvalue weighted by molar-refractivity contribution is 7.11. The zero-order valence-electron chi connectivity index (χ0n) is 12.2. The summed E-state index contributed by atoms with van der Waals surface area (Å²) in [7, 11) is 0. The maximum absolute atomic E-state index is 4.09. The summed E-state index contributed by atoms with van der Waals surface area (Å²) in [4.78, 5) is 9.66. The van der Waals surface area contributed by atoms with Crippen molar-refractivity contribution in [3.63, 3.8) is 0 Å². The van der Waals surface area contributed by atoms with Gasteiger partial charge >= 0.3 is 0 Å². The molecule has 0 amide bonds. The van der Waals surface area contributed by atoms with Gasteiger partial charge in [-0.15, -0.1) is 11.3 Å². The molecule has 0 atom stereocenters. The van der Waals surface area contributed by atoms with Crippen molar-refractivity contribution in [3.05, 3.63) is 52.0 Å². The highest BCUT2D eigenvalue weighted by Gasteiger charge is 2.27. The smallest absolute Gasteiger partial charge is 0.0328 e. The summed E-state index contributed by atoms with van der Waals surface area (Å²) in [5, 5.41) is 0. The van der Waals surface area contributed by atoms with E-state index in [0.717, 1.165) is 12.5 Å². The first kappa shape index (κ1) is 13.8. The Kier molecular flexibility index (Phi) is 4.18. The van der Waals surface area contributed by atoms with Gasteiger partial charge in [0.2, 0.25) is 0 Å². The average molecular weight is 286 g/mol. The van der Waals surface area contributed by atoms with Crippen molar-refractivity contribution < 1.29 is 0 Å². The lowest BCUT2D eigenvalue weighted by Gasteiger charge is -2.39. The van der Waals surface area contributed by atoms with E-state index in [1.165, 1.54) is 34.8 Å². The van der Waals surface area contributed by atoms with Gasteiger partial charge in [0.25, 0.3) is 0 Å². The van der Waals surface area contributed by atoms with Crippen molar-refractivity contribution in [2.45, 2.75) is 32.7 Å². The molecule has 2 aromatic rings. The molecule has 0 aliphatic carbocycles. The van der Waals surface area contributed by atoms with Crippen LogP contribution in [0.5, 0.6) is 0 Å². The summed E-state index contributed by atoms with van der Waals surface area (Å²) in [5.41, 5.74) is 1.43. The third-order valence-corrected chi connectivity index (χ3v) is 4.93. The van der Waals surface area contributed by atoms with Crippen LogP contribution >= 0.6 is 11.3 Å². The molecule has 0 N–H and O–H groups in total. The van der Waals surface area contributed by atoms with Gasteiger partial charge < -0.3 is 0 Å². The zero-order valence-corrected chi connectivity index (χ0v) is 13.1. The first-order valence-corrected chi connectivity index (χ1v) is 8.22. The number of rotatable bonds is 5. The molecule has 20 heavy (non-hydrogen) atoms. The van der Waals surface area contributed by atoms with Crippen LogP contribution in [-0.4, -0.2) is 23.0 Å². The molecule has 3 heteroatoms. The molecular weight excluding hydrogens is 264 g/mol. The van der Waals surface area contributed by atoms with E-state index in [1.807, 2.05) is 23.7 Å². The fourth-order valence-corrected chi connectivity index (χ4v) is 4.06. The van der Waals surface area contributed by atoms with E-state index in [9.17, 15) is 0 Å². The first-order chi connectivity index (χ1) is 9.70. The van der Waals surface area contributed by atoms with E-state index in [1.54, 1.807) is 0 Å². The standard InChI is InChI=1S/C17H22N2S/c1-13(2)9-16-3-4-17(20-16)12-19-10-15(11-19)14-5-7-18-8-6-14/h3-8,13,15H,9-12H2,1-2H3. The van der Waals surface area contributed by atoms with E-state index in [-0.39, 0.29) is 0 Å². The number of aromatic nitrogens is 1. The monoisotopic (exact) mass is 286 g/mol. The summed E-state index contributed by atoms with van der Waals surface area (Å²) < 4.78 is 0. The highest BCUT2D eigenvalue weighted by atomic mass is 32.1. The van der Waals surface area contributed by atoms with Crippen LogP contribution in [0.1, 0.15) is 35.1 Å². The zero-order chi connectivity index (χ0) is 13.9. The van der Waals surface area contributed by atoms with Gasteiger partial charge in [0.15, 0.2) is 0 Å². The molecule has 106 valence electrons. The summed E-state index contributed by atoms with van der Waals surface area (Å²) in [5.74, 6) is 1.45. The maximum Gasteiger partial charge on any atom is 0.0328 e. The van der Waals surface area contributed by atoms with Gasteiger partial charge in [-0.05, 0) is 42.2 Å². The number of nitrogens with zero attached hydrogens (tertiary/aromatic N) is 2. The van der Waals surface area contributed by atoms with Crippen LogP contribution in [-0.2, 0) is 13.0 Å². The van der Waals surface area contributed by atoms with Gasteiger partial charge in [0, 0.05) is 47.7 Å². The fourth-order valence-electron chi connectivity index (χ4n) is 2.79. The van der Waals surface area contributed by atoms with Crippen LogP contribution in [0.25, 0.3) is 0 Å². The number of hydrogen-bond donors (Lipinski definition) is 0. The van der Waals surface area contributed by atoms with Crippen molar-refractivity contribution in [2.24, 2.45) is 5.92 Å². The normalized spacial score (nSPS) is 16.6. The minimum atomic E-state index is 0.702. The Hall–Kier alpha value is -1.19. The number of thiophene rings is 1. The quantitative estimate of drug-likeness (QED) is 0.827. The second-order valence-electron chi connectivity index (χ2n) is 6.14. The summed E-state index contributed by atoms with van der Waals surface area (Å²) in [6.45, 7) is 8.05. The second-order valence-corrected chi connectivity index (χ2v) is 7.39. The Morgan fingerprint density at radius 3 is 2.55 bits per heavy atom. The average Bonchev–Trinajstić information content (AvgIpc) is 2.81. The molecule has 0 radical (unpaired) electrons. The van der Waals surface area contributed by atoms with Crippen molar-refractivity contribution in [1.29, 1.82) is 0 Å². The summed E-state index contributed by atoms with van der Waals surface area (Å²) in [6, 6.07) is 8.91. The Bertz CT molecular complexity index is 541. The number of pyridine rings is 1. The van der Waals surface area contributed by atoms with Crippen molar-refractivity contribution in [2.75, 3.05) is 13.1 Å². The molecule has 1 aliphatic heterocycles. The summed E-state index contributed by atoms with van der Waals surface area (Å²) >= 11 is 1.98. The Morgan fingerprint density at radius 2 is 1.85 bits per heavy atom. The SMILES string of the molecule is CC(C)Cc1ccc(CN2CC(c3ccncc3)C2)s1. The van der Waals surface area contributed by atoms with Crippen molar-refractivity contribution in [3.8, 4) is 0 Å². The fraction of sp³-hybridized carbons (Fsp3) is 0.471. The minimum absolute atomic E-state index is 0.702. The predicted molar refractivity (Wildman–Crippen MR) is 85.1 cm³/mol. The lowest BCUT2D eigenvalue weighted by molar-refractivity contribution is 0.141. The third-order valence-electron chi connectivity index (χ3n) is 3.84. The van der Waals surface area contributed by atoms with Crippen molar-refractivity contribution in [1.82, 2.24) is 9.88 Å². The molecule has 0 bridgehead atoms. The molecule has 2 aromatic heterocycles. The Morgan fingerprint density at radius 1 is 1.15 bits per heavy atom. The molecule has 3 heterocycles. The van der Waals surface area contributed by atoms with Crippen LogP contribution < -0.4 is 0 Å². The predicted octanol–water partition coefficient (Wildman–Crippen LogP) is 3.94. The first-order valence-electron chi connectivity index (χ1n) is 7.40. The molecule has 3 rings (SSSR count). The van der Waals surface area contributed by atoms with E-state index < -0.39 is 0 Å². The van der Waals surface area contributed by atoms with Crippen molar-refractivity contribution >= 4 is 11.3 Å². The van der Waals surface area contributed by atoms with Crippen LogP contribution in [0.4, 0.5) is 0 Å². The van der Waals surface area contributed by atoms with E-state index in [4.69, 9.17) is 0 Å². The molecule has 1 aliphatic rings. The largest absolute Gasteiger partial charge is 0.297 e. The topological polar surface area (TPSA) is 16.1 Å². The van der Waals surface area contributed by atoms with Gasteiger partial charge in [-0.3, -0.25) is 9.88 Å². The number of likely N-dealkylation sites (tertiary alicyclic amines) is 1. The van der Waals surface area contributed by atoms with Gasteiger partial charge in [0.1, 0.15) is 0 Å². The van der Waals surface area contributed by atoms with Crippen LogP contribution in [0.2, 0.25) is 0 Å². The third kappa shape index (κ3) is 3.28. The molecule has 1 fully saturated rings. The Labute approximate surface area is 125 Å². The molecule has 1 saturated heterocycles.